The van der Waals surface area contributed by atoms with Crippen LogP contribution in [0.5, 0.6) is 5.75 Å². The number of alkyl halides is 3. The molecule has 0 aliphatic rings. The van der Waals surface area contributed by atoms with Crippen molar-refractivity contribution in [1.82, 2.24) is 0 Å². The predicted molar refractivity (Wildman–Crippen MR) is 67.1 cm³/mol. The number of hydrogen-bond donors (Lipinski definition) is 1. The molecule has 19 heavy (non-hydrogen) atoms. The van der Waals surface area contributed by atoms with Gasteiger partial charge in [-0.15, -0.1) is 0 Å². The summed E-state index contributed by atoms with van der Waals surface area (Å²) in [5, 5.41) is 9.06. The van der Waals surface area contributed by atoms with E-state index in [0.717, 1.165) is 25.7 Å². The molecule has 0 heterocycles. The first kappa shape index (κ1) is 15.8. The maximum absolute atomic E-state index is 12.3. The highest BCUT2D eigenvalue weighted by Gasteiger charge is 2.39. The first-order valence-corrected chi connectivity index (χ1v) is 6.42. The molecule has 0 saturated carbocycles. The number of aliphatic hydroxyl groups excluding tert-OH is 1. The van der Waals surface area contributed by atoms with Crippen molar-refractivity contribution >= 4 is 0 Å². The molecule has 0 bridgehead atoms. The zero-order valence-corrected chi connectivity index (χ0v) is 10.9. The fourth-order valence-electron chi connectivity index (χ4n) is 1.65. The maximum Gasteiger partial charge on any atom is 0.418 e. The standard InChI is InChI=1S/C14H19F3O2/c1-2-3-4-5-10-19-12-8-6-11(7-9-12)13(18)14(15,16)17/h6-9,13,18H,2-5,10H2,1H3. The first-order chi connectivity index (χ1) is 8.95. The Morgan fingerprint density at radius 3 is 2.26 bits per heavy atom. The van der Waals surface area contributed by atoms with E-state index in [9.17, 15) is 13.2 Å². The fourth-order valence-corrected chi connectivity index (χ4v) is 1.65. The van der Waals surface area contributed by atoms with Crippen molar-refractivity contribution in [2.24, 2.45) is 0 Å². The van der Waals surface area contributed by atoms with E-state index >= 15 is 0 Å². The van der Waals surface area contributed by atoms with Gasteiger partial charge in [-0.1, -0.05) is 38.3 Å². The van der Waals surface area contributed by atoms with Crippen LogP contribution >= 0.6 is 0 Å². The van der Waals surface area contributed by atoms with Gasteiger partial charge in [-0.2, -0.15) is 13.2 Å². The minimum Gasteiger partial charge on any atom is -0.494 e. The number of unbranched alkanes of at least 4 members (excludes halogenated alkanes) is 3. The van der Waals surface area contributed by atoms with Crippen LogP contribution in [0.4, 0.5) is 13.2 Å². The number of rotatable bonds is 7. The molecular weight excluding hydrogens is 257 g/mol. The Morgan fingerprint density at radius 1 is 1.11 bits per heavy atom. The van der Waals surface area contributed by atoms with E-state index in [1.165, 1.54) is 24.3 Å². The van der Waals surface area contributed by atoms with E-state index in [-0.39, 0.29) is 5.56 Å². The molecule has 5 heteroatoms. The average Bonchev–Trinajstić information content (AvgIpc) is 2.37. The number of halogens is 3. The van der Waals surface area contributed by atoms with Crippen molar-refractivity contribution in [3.05, 3.63) is 29.8 Å². The molecule has 0 spiro atoms. The summed E-state index contributed by atoms with van der Waals surface area (Å²) < 4.78 is 42.2. The molecule has 0 fully saturated rings. The lowest BCUT2D eigenvalue weighted by Crippen LogP contribution is -2.20. The highest BCUT2D eigenvalue weighted by molar-refractivity contribution is 5.29. The fraction of sp³-hybridized carbons (Fsp3) is 0.571. The second-order valence-electron chi connectivity index (χ2n) is 4.42. The minimum absolute atomic E-state index is 0.175. The van der Waals surface area contributed by atoms with Gasteiger partial charge in [0.15, 0.2) is 6.10 Å². The van der Waals surface area contributed by atoms with Gasteiger partial charge in [0, 0.05) is 0 Å². The SMILES string of the molecule is CCCCCCOc1ccc(C(O)C(F)(F)F)cc1. The van der Waals surface area contributed by atoms with Crippen LogP contribution in [0.3, 0.4) is 0 Å². The first-order valence-electron chi connectivity index (χ1n) is 6.42. The van der Waals surface area contributed by atoms with Gasteiger partial charge >= 0.3 is 6.18 Å². The molecule has 0 aromatic heterocycles. The van der Waals surface area contributed by atoms with Crippen molar-refractivity contribution in [2.45, 2.75) is 44.9 Å². The molecule has 1 aromatic carbocycles. The topological polar surface area (TPSA) is 29.5 Å². The average molecular weight is 276 g/mol. The number of ether oxygens (including phenoxy) is 1. The Kier molecular flexibility index (Phi) is 6.15. The van der Waals surface area contributed by atoms with Crippen LogP contribution in [0.15, 0.2) is 24.3 Å². The maximum atomic E-state index is 12.3. The molecular formula is C14H19F3O2. The van der Waals surface area contributed by atoms with Gasteiger partial charge in [0.2, 0.25) is 0 Å². The monoisotopic (exact) mass is 276 g/mol. The molecule has 108 valence electrons. The van der Waals surface area contributed by atoms with Crippen molar-refractivity contribution in [1.29, 1.82) is 0 Å². The van der Waals surface area contributed by atoms with Crippen LogP contribution in [0.1, 0.15) is 44.3 Å². The molecule has 1 rings (SSSR count). The minimum atomic E-state index is -4.64. The number of benzene rings is 1. The Hall–Kier alpha value is -1.23. The number of hydrogen-bond acceptors (Lipinski definition) is 2. The Bertz CT molecular complexity index is 360. The van der Waals surface area contributed by atoms with Gasteiger partial charge in [0.1, 0.15) is 5.75 Å². The van der Waals surface area contributed by atoms with Gasteiger partial charge < -0.3 is 9.84 Å². The highest BCUT2D eigenvalue weighted by Crippen LogP contribution is 2.32. The molecule has 0 saturated heterocycles. The third-order valence-electron chi connectivity index (χ3n) is 2.77. The van der Waals surface area contributed by atoms with E-state index in [1.807, 2.05) is 0 Å². The van der Waals surface area contributed by atoms with E-state index < -0.39 is 12.3 Å². The molecule has 0 aliphatic carbocycles. The summed E-state index contributed by atoms with van der Waals surface area (Å²) in [5.41, 5.74) is -0.175. The normalized spacial score (nSPS) is 13.3. The Morgan fingerprint density at radius 2 is 1.74 bits per heavy atom. The van der Waals surface area contributed by atoms with E-state index in [0.29, 0.717) is 12.4 Å². The van der Waals surface area contributed by atoms with Gasteiger partial charge in [-0.05, 0) is 24.1 Å². The second-order valence-corrected chi connectivity index (χ2v) is 4.42. The lowest BCUT2D eigenvalue weighted by Gasteiger charge is -2.15. The summed E-state index contributed by atoms with van der Waals surface area (Å²) in [6.07, 6.45) is -2.76. The number of aliphatic hydroxyl groups is 1. The molecule has 1 atom stereocenters. The molecule has 2 nitrogen and oxygen atoms in total. The quantitative estimate of drug-likeness (QED) is 0.755. The van der Waals surface area contributed by atoms with Crippen molar-refractivity contribution in [3.8, 4) is 5.75 Å². The third-order valence-corrected chi connectivity index (χ3v) is 2.77. The molecule has 1 N–H and O–H groups in total. The molecule has 1 unspecified atom stereocenters. The molecule has 0 amide bonds. The Labute approximate surface area is 111 Å². The summed E-state index contributed by atoms with van der Waals surface area (Å²) >= 11 is 0. The van der Waals surface area contributed by atoms with Crippen LogP contribution in [0.25, 0.3) is 0 Å². The largest absolute Gasteiger partial charge is 0.494 e. The van der Waals surface area contributed by atoms with E-state index in [1.54, 1.807) is 0 Å². The molecule has 0 radical (unpaired) electrons. The highest BCUT2D eigenvalue weighted by atomic mass is 19.4. The van der Waals surface area contributed by atoms with Crippen LogP contribution < -0.4 is 4.74 Å². The van der Waals surface area contributed by atoms with Crippen molar-refractivity contribution < 1.29 is 23.0 Å². The van der Waals surface area contributed by atoms with Crippen LogP contribution in [-0.4, -0.2) is 17.9 Å². The Balaban J connectivity index is 2.44. The zero-order valence-electron chi connectivity index (χ0n) is 10.9. The van der Waals surface area contributed by atoms with Crippen molar-refractivity contribution in [2.75, 3.05) is 6.61 Å². The predicted octanol–water partition coefficient (Wildman–Crippen LogP) is 4.24. The van der Waals surface area contributed by atoms with Crippen LogP contribution in [0, 0.1) is 0 Å². The smallest absolute Gasteiger partial charge is 0.418 e. The van der Waals surface area contributed by atoms with Gasteiger partial charge in [0.05, 0.1) is 6.61 Å². The zero-order chi connectivity index (χ0) is 14.3. The lowest BCUT2D eigenvalue weighted by atomic mass is 10.1. The van der Waals surface area contributed by atoms with Crippen molar-refractivity contribution in [3.63, 3.8) is 0 Å². The van der Waals surface area contributed by atoms with E-state index in [2.05, 4.69) is 6.92 Å². The molecule has 1 aromatic rings. The second kappa shape index (κ2) is 7.38. The van der Waals surface area contributed by atoms with Gasteiger partial charge in [0.25, 0.3) is 0 Å². The van der Waals surface area contributed by atoms with Gasteiger partial charge in [-0.25, -0.2) is 0 Å². The summed E-state index contributed by atoms with van der Waals surface area (Å²) in [7, 11) is 0. The lowest BCUT2D eigenvalue weighted by molar-refractivity contribution is -0.206. The third kappa shape index (κ3) is 5.51. The van der Waals surface area contributed by atoms with Crippen LogP contribution in [-0.2, 0) is 0 Å². The summed E-state index contributed by atoms with van der Waals surface area (Å²) in [6.45, 7) is 2.67. The summed E-state index contributed by atoms with van der Waals surface area (Å²) in [4.78, 5) is 0. The summed E-state index contributed by atoms with van der Waals surface area (Å²) in [6, 6.07) is 5.37. The van der Waals surface area contributed by atoms with E-state index in [4.69, 9.17) is 9.84 Å². The van der Waals surface area contributed by atoms with Crippen LogP contribution in [0.2, 0.25) is 0 Å². The molecule has 0 aliphatic heterocycles. The van der Waals surface area contributed by atoms with Gasteiger partial charge in [-0.3, -0.25) is 0 Å². The summed E-state index contributed by atoms with van der Waals surface area (Å²) in [5.74, 6) is 0.523.